The Morgan fingerprint density at radius 3 is 2.40 bits per heavy atom. The number of carboxylic acids is 1. The first-order chi connectivity index (χ1) is 11.8. The van der Waals surface area contributed by atoms with E-state index in [1.807, 2.05) is 37.3 Å². The largest absolute Gasteiger partial charge is 0.480 e. The van der Waals surface area contributed by atoms with Crippen LogP contribution >= 0.6 is 0 Å². The molecule has 1 amide bonds. The summed E-state index contributed by atoms with van der Waals surface area (Å²) in [6.45, 7) is 2.38. The standard InChI is InChI=1S/C17H24N2O5S/c1-2-18(10-14-6-4-3-5-7-14)16(20)11-19(12-17(21)22)15-8-9-25(23,24)13-15/h3-7,15H,2,8-13H2,1H3,(H,21,22). The van der Waals surface area contributed by atoms with Gasteiger partial charge in [-0.05, 0) is 18.9 Å². The molecule has 1 heterocycles. The Balaban J connectivity index is 2.05. The number of carboxylic acid groups (broad SMARTS) is 1. The van der Waals surface area contributed by atoms with E-state index in [9.17, 15) is 18.0 Å². The van der Waals surface area contributed by atoms with Gasteiger partial charge in [-0.25, -0.2) is 8.42 Å². The molecule has 1 aliphatic rings. The van der Waals surface area contributed by atoms with Crippen LogP contribution in [0.1, 0.15) is 18.9 Å². The monoisotopic (exact) mass is 368 g/mol. The number of nitrogens with zero attached hydrogens (tertiary/aromatic N) is 2. The molecule has 0 aliphatic carbocycles. The second-order valence-electron chi connectivity index (χ2n) is 6.25. The third kappa shape index (κ3) is 5.82. The SMILES string of the molecule is CCN(Cc1ccccc1)C(=O)CN(CC(=O)O)C1CCS(=O)(=O)C1. The molecule has 1 unspecified atom stereocenters. The second-order valence-corrected chi connectivity index (χ2v) is 8.48. The zero-order valence-electron chi connectivity index (χ0n) is 14.3. The number of aliphatic carboxylic acids is 1. The number of sulfone groups is 1. The summed E-state index contributed by atoms with van der Waals surface area (Å²) in [7, 11) is -3.15. The van der Waals surface area contributed by atoms with Gasteiger partial charge in [-0.15, -0.1) is 0 Å². The molecule has 1 aliphatic heterocycles. The Labute approximate surface area is 148 Å². The molecule has 0 aromatic heterocycles. The van der Waals surface area contributed by atoms with Gasteiger partial charge in [0.05, 0.1) is 24.6 Å². The predicted molar refractivity (Wildman–Crippen MR) is 93.8 cm³/mol. The highest BCUT2D eigenvalue weighted by atomic mass is 32.2. The van der Waals surface area contributed by atoms with Crippen molar-refractivity contribution in [1.82, 2.24) is 9.80 Å². The number of carbonyl (C=O) groups is 2. The first-order valence-electron chi connectivity index (χ1n) is 8.28. The Bertz CT molecular complexity index is 705. The molecule has 1 aromatic carbocycles. The van der Waals surface area contributed by atoms with E-state index in [-0.39, 0.29) is 30.5 Å². The minimum absolute atomic E-state index is 0.0451. The average Bonchev–Trinajstić information content (AvgIpc) is 2.92. The van der Waals surface area contributed by atoms with Crippen LogP contribution in [0.2, 0.25) is 0 Å². The van der Waals surface area contributed by atoms with E-state index in [0.29, 0.717) is 19.5 Å². The first kappa shape index (κ1) is 19.4. The van der Waals surface area contributed by atoms with Gasteiger partial charge in [0.15, 0.2) is 9.84 Å². The normalized spacial score (nSPS) is 19.0. The van der Waals surface area contributed by atoms with Crippen LogP contribution < -0.4 is 0 Å². The van der Waals surface area contributed by atoms with Crippen LogP contribution in [0.25, 0.3) is 0 Å². The molecule has 1 aromatic rings. The number of likely N-dealkylation sites (N-methyl/N-ethyl adjacent to an activating group) is 1. The summed E-state index contributed by atoms with van der Waals surface area (Å²) in [6.07, 6.45) is 0.369. The van der Waals surface area contributed by atoms with Gasteiger partial charge in [-0.3, -0.25) is 14.5 Å². The lowest BCUT2D eigenvalue weighted by Gasteiger charge is -2.29. The molecule has 0 spiro atoms. The molecule has 8 heteroatoms. The van der Waals surface area contributed by atoms with Crippen LogP contribution in [0.3, 0.4) is 0 Å². The molecule has 2 rings (SSSR count). The first-order valence-corrected chi connectivity index (χ1v) is 10.1. The highest BCUT2D eigenvalue weighted by Gasteiger charge is 2.34. The summed E-state index contributed by atoms with van der Waals surface area (Å²) in [5.74, 6) is -1.30. The minimum atomic E-state index is -3.15. The fourth-order valence-corrected chi connectivity index (χ4v) is 4.77. The minimum Gasteiger partial charge on any atom is -0.480 e. The summed E-state index contributed by atoms with van der Waals surface area (Å²) in [4.78, 5) is 26.9. The van der Waals surface area contributed by atoms with Crippen molar-refractivity contribution < 1.29 is 23.1 Å². The van der Waals surface area contributed by atoms with Crippen molar-refractivity contribution >= 4 is 21.7 Å². The summed E-state index contributed by atoms with van der Waals surface area (Å²) >= 11 is 0. The van der Waals surface area contributed by atoms with Gasteiger partial charge in [0.1, 0.15) is 0 Å². The quantitative estimate of drug-likeness (QED) is 0.722. The number of rotatable bonds is 8. The van der Waals surface area contributed by atoms with Crippen LogP contribution in [0.4, 0.5) is 0 Å². The molecular weight excluding hydrogens is 344 g/mol. The van der Waals surface area contributed by atoms with Crippen molar-refractivity contribution in [2.24, 2.45) is 0 Å². The number of carbonyl (C=O) groups excluding carboxylic acids is 1. The number of hydrogen-bond donors (Lipinski definition) is 1. The molecule has 1 N–H and O–H groups in total. The number of hydrogen-bond acceptors (Lipinski definition) is 5. The van der Waals surface area contributed by atoms with Crippen LogP contribution in [-0.4, -0.2) is 72.4 Å². The Kier molecular flexibility index (Phi) is 6.55. The number of benzene rings is 1. The van der Waals surface area contributed by atoms with Gasteiger partial charge in [0, 0.05) is 19.1 Å². The fraction of sp³-hybridized carbons (Fsp3) is 0.529. The third-order valence-corrected chi connectivity index (χ3v) is 6.10. The van der Waals surface area contributed by atoms with Gasteiger partial charge < -0.3 is 10.0 Å². The Morgan fingerprint density at radius 1 is 1.20 bits per heavy atom. The van der Waals surface area contributed by atoms with Crippen molar-refractivity contribution in [2.45, 2.75) is 25.9 Å². The van der Waals surface area contributed by atoms with Gasteiger partial charge in [-0.2, -0.15) is 0 Å². The highest BCUT2D eigenvalue weighted by molar-refractivity contribution is 7.91. The topological polar surface area (TPSA) is 95.0 Å². The van der Waals surface area contributed by atoms with Gasteiger partial charge in [-0.1, -0.05) is 30.3 Å². The van der Waals surface area contributed by atoms with Crippen LogP contribution in [0.15, 0.2) is 30.3 Å². The summed E-state index contributed by atoms with van der Waals surface area (Å²) in [5.41, 5.74) is 0.992. The molecule has 7 nitrogen and oxygen atoms in total. The maximum absolute atomic E-state index is 12.6. The molecule has 0 bridgehead atoms. The van der Waals surface area contributed by atoms with E-state index in [0.717, 1.165) is 5.56 Å². The Morgan fingerprint density at radius 2 is 1.88 bits per heavy atom. The predicted octanol–water partition coefficient (Wildman–Crippen LogP) is 0.609. The lowest BCUT2D eigenvalue weighted by atomic mass is 10.2. The maximum atomic E-state index is 12.6. The van der Waals surface area contributed by atoms with Crippen LogP contribution in [0, 0.1) is 0 Å². The van der Waals surface area contributed by atoms with Crippen LogP contribution in [0.5, 0.6) is 0 Å². The summed E-state index contributed by atoms with van der Waals surface area (Å²) < 4.78 is 23.4. The van der Waals surface area contributed by atoms with Crippen molar-refractivity contribution in [3.05, 3.63) is 35.9 Å². The lowest BCUT2D eigenvalue weighted by Crippen LogP contribution is -2.47. The molecular formula is C17H24N2O5S. The van der Waals surface area contributed by atoms with E-state index < -0.39 is 21.8 Å². The highest BCUT2D eigenvalue weighted by Crippen LogP contribution is 2.18. The number of amides is 1. The summed E-state index contributed by atoms with van der Waals surface area (Å²) in [6, 6.07) is 9.13. The van der Waals surface area contributed by atoms with Crippen LogP contribution in [-0.2, 0) is 26.0 Å². The Hall–Kier alpha value is -1.93. The van der Waals surface area contributed by atoms with E-state index >= 15 is 0 Å². The van der Waals surface area contributed by atoms with E-state index in [1.165, 1.54) is 4.90 Å². The fourth-order valence-electron chi connectivity index (χ4n) is 3.01. The average molecular weight is 368 g/mol. The van der Waals surface area contributed by atoms with Gasteiger partial charge in [0.2, 0.25) is 5.91 Å². The van der Waals surface area contributed by atoms with Crippen molar-refractivity contribution in [3.8, 4) is 0 Å². The zero-order valence-corrected chi connectivity index (χ0v) is 15.1. The van der Waals surface area contributed by atoms with Crippen molar-refractivity contribution in [3.63, 3.8) is 0 Å². The molecule has 1 saturated heterocycles. The smallest absolute Gasteiger partial charge is 0.317 e. The third-order valence-electron chi connectivity index (χ3n) is 4.35. The zero-order chi connectivity index (χ0) is 18.4. The van der Waals surface area contributed by atoms with Gasteiger partial charge in [0.25, 0.3) is 0 Å². The molecule has 1 atom stereocenters. The van der Waals surface area contributed by atoms with Crippen molar-refractivity contribution in [1.29, 1.82) is 0 Å². The molecule has 138 valence electrons. The molecule has 0 radical (unpaired) electrons. The second kappa shape index (κ2) is 8.44. The van der Waals surface area contributed by atoms with E-state index in [2.05, 4.69) is 0 Å². The molecule has 0 saturated carbocycles. The van der Waals surface area contributed by atoms with Gasteiger partial charge >= 0.3 is 5.97 Å². The maximum Gasteiger partial charge on any atom is 0.317 e. The van der Waals surface area contributed by atoms with Crippen molar-refractivity contribution in [2.75, 3.05) is 31.1 Å². The summed E-state index contributed by atoms with van der Waals surface area (Å²) in [5, 5.41) is 9.10. The lowest BCUT2D eigenvalue weighted by molar-refractivity contribution is -0.140. The van der Waals surface area contributed by atoms with E-state index in [4.69, 9.17) is 5.11 Å². The van der Waals surface area contributed by atoms with E-state index in [1.54, 1.807) is 4.90 Å². The molecule has 1 fully saturated rings. The molecule has 25 heavy (non-hydrogen) atoms.